The number of anilines is 1. The fourth-order valence-corrected chi connectivity index (χ4v) is 2.27. The van der Waals surface area contributed by atoms with E-state index in [2.05, 4.69) is 20.3 Å². The quantitative estimate of drug-likeness (QED) is 0.860. The lowest BCUT2D eigenvalue weighted by Crippen LogP contribution is -2.09. The summed E-state index contributed by atoms with van der Waals surface area (Å²) in [7, 11) is 0. The van der Waals surface area contributed by atoms with E-state index in [9.17, 15) is 0 Å². The minimum atomic E-state index is 0.566. The number of thiazole rings is 1. The molecule has 3 heterocycles. The molecule has 0 spiro atoms. The van der Waals surface area contributed by atoms with Crippen molar-refractivity contribution in [3.05, 3.63) is 16.6 Å². The second kappa shape index (κ2) is 3.71. The molecule has 1 aliphatic rings. The number of ether oxygens (including phenoxy) is 1. The average Bonchev–Trinajstić information content (AvgIpc) is 2.78. The van der Waals surface area contributed by atoms with Crippen molar-refractivity contribution in [2.75, 3.05) is 11.9 Å². The van der Waals surface area contributed by atoms with Gasteiger partial charge in [0.1, 0.15) is 18.0 Å². The van der Waals surface area contributed by atoms with E-state index >= 15 is 0 Å². The average molecular weight is 234 g/mol. The molecule has 0 saturated heterocycles. The van der Waals surface area contributed by atoms with Gasteiger partial charge in [0.15, 0.2) is 5.75 Å². The Kier molecular flexibility index (Phi) is 2.21. The first-order valence-corrected chi connectivity index (χ1v) is 5.93. The van der Waals surface area contributed by atoms with Crippen LogP contribution in [0, 0.1) is 0 Å². The van der Waals surface area contributed by atoms with Gasteiger partial charge >= 0.3 is 0 Å². The van der Waals surface area contributed by atoms with Crippen LogP contribution >= 0.6 is 11.3 Å². The summed E-state index contributed by atoms with van der Waals surface area (Å²) in [6, 6.07) is 0. The zero-order chi connectivity index (χ0) is 11.0. The Bertz CT molecular complexity index is 525. The van der Waals surface area contributed by atoms with Gasteiger partial charge < -0.3 is 10.1 Å². The van der Waals surface area contributed by atoms with Crippen LogP contribution in [0.1, 0.15) is 11.8 Å². The molecule has 1 aliphatic heterocycles. The van der Waals surface area contributed by atoms with E-state index in [1.165, 1.54) is 0 Å². The highest BCUT2D eigenvalue weighted by Gasteiger charge is 2.22. The predicted molar refractivity (Wildman–Crippen MR) is 61.6 cm³/mol. The molecule has 0 saturated carbocycles. The summed E-state index contributed by atoms with van der Waals surface area (Å²) >= 11 is 1.59. The van der Waals surface area contributed by atoms with Gasteiger partial charge in [0.25, 0.3) is 0 Å². The Morgan fingerprint density at radius 2 is 2.38 bits per heavy atom. The van der Waals surface area contributed by atoms with Gasteiger partial charge in [-0.3, -0.25) is 0 Å². The maximum Gasteiger partial charge on any atom is 0.223 e. The summed E-state index contributed by atoms with van der Waals surface area (Å²) < 4.78 is 5.56. The molecule has 16 heavy (non-hydrogen) atoms. The second-order valence-electron chi connectivity index (χ2n) is 3.35. The monoisotopic (exact) mass is 234 g/mol. The third-order valence-electron chi connectivity index (χ3n) is 2.31. The van der Waals surface area contributed by atoms with Crippen molar-refractivity contribution >= 4 is 17.3 Å². The summed E-state index contributed by atoms with van der Waals surface area (Å²) in [6.45, 7) is 3.37. The molecule has 1 N–H and O–H groups in total. The standard InChI is InChI=1S/C10H10N4OS/c1-2-11-10-12-3-6-8(14-10)9-7(4-15-6)16-5-13-9/h3,5H,2,4H2,1H3,(H,11,12,14). The highest BCUT2D eigenvalue weighted by molar-refractivity contribution is 7.10. The highest BCUT2D eigenvalue weighted by Crippen LogP contribution is 2.36. The van der Waals surface area contributed by atoms with Crippen molar-refractivity contribution in [3.8, 4) is 17.1 Å². The van der Waals surface area contributed by atoms with Crippen LogP contribution in [-0.2, 0) is 6.61 Å². The largest absolute Gasteiger partial charge is 0.484 e. The number of aromatic nitrogens is 3. The van der Waals surface area contributed by atoms with Crippen molar-refractivity contribution in [2.24, 2.45) is 0 Å². The van der Waals surface area contributed by atoms with Crippen molar-refractivity contribution in [3.63, 3.8) is 0 Å². The lowest BCUT2D eigenvalue weighted by molar-refractivity contribution is 0.303. The molecule has 0 amide bonds. The molecule has 0 atom stereocenters. The van der Waals surface area contributed by atoms with Gasteiger partial charge in [0, 0.05) is 6.54 Å². The lowest BCUT2D eigenvalue weighted by atomic mass is 10.2. The van der Waals surface area contributed by atoms with Crippen LogP contribution in [0.4, 0.5) is 5.95 Å². The number of nitrogens with one attached hydrogen (secondary N) is 1. The molecule has 6 heteroatoms. The highest BCUT2D eigenvalue weighted by atomic mass is 32.1. The van der Waals surface area contributed by atoms with E-state index in [-0.39, 0.29) is 0 Å². The summed E-state index contributed by atoms with van der Waals surface area (Å²) in [6.07, 6.45) is 1.70. The van der Waals surface area contributed by atoms with Crippen LogP contribution < -0.4 is 10.1 Å². The fraction of sp³-hybridized carbons (Fsp3) is 0.300. The Hall–Kier alpha value is -1.69. The van der Waals surface area contributed by atoms with Crippen molar-refractivity contribution in [1.29, 1.82) is 0 Å². The molecule has 2 aromatic heterocycles. The molecule has 82 valence electrons. The first-order chi connectivity index (χ1) is 7.88. The summed E-state index contributed by atoms with van der Waals surface area (Å²) in [4.78, 5) is 14.0. The van der Waals surface area contributed by atoms with Crippen molar-refractivity contribution in [1.82, 2.24) is 15.0 Å². The number of nitrogens with zero attached hydrogens (tertiary/aromatic N) is 3. The molecule has 5 nitrogen and oxygen atoms in total. The number of fused-ring (bicyclic) bond motifs is 3. The molecule has 0 bridgehead atoms. The molecule has 0 aliphatic carbocycles. The van der Waals surface area contributed by atoms with Crippen LogP contribution in [0.5, 0.6) is 5.75 Å². The third kappa shape index (κ3) is 1.42. The predicted octanol–water partition coefficient (Wildman–Crippen LogP) is 1.92. The van der Waals surface area contributed by atoms with E-state index < -0.39 is 0 Å². The SMILES string of the molecule is CCNc1ncc2c(n1)-c1ncsc1CO2. The van der Waals surface area contributed by atoms with E-state index in [0.29, 0.717) is 18.3 Å². The normalized spacial score (nSPS) is 12.6. The van der Waals surface area contributed by atoms with Gasteiger partial charge in [-0.05, 0) is 6.92 Å². The van der Waals surface area contributed by atoms with Crippen LogP contribution in [-0.4, -0.2) is 21.5 Å². The maximum atomic E-state index is 5.56. The number of rotatable bonds is 2. The Morgan fingerprint density at radius 1 is 1.44 bits per heavy atom. The van der Waals surface area contributed by atoms with Crippen molar-refractivity contribution < 1.29 is 4.74 Å². The van der Waals surface area contributed by atoms with Crippen LogP contribution in [0.3, 0.4) is 0 Å². The van der Waals surface area contributed by atoms with Crippen LogP contribution in [0.2, 0.25) is 0 Å². The zero-order valence-electron chi connectivity index (χ0n) is 8.73. The Balaban J connectivity index is 2.11. The van der Waals surface area contributed by atoms with Gasteiger partial charge in [-0.25, -0.2) is 15.0 Å². The molecule has 2 aromatic rings. The van der Waals surface area contributed by atoms with Crippen LogP contribution in [0.25, 0.3) is 11.4 Å². The summed E-state index contributed by atoms with van der Waals surface area (Å²) in [5, 5.41) is 3.08. The van der Waals surface area contributed by atoms with Crippen LogP contribution in [0.15, 0.2) is 11.7 Å². The number of hydrogen-bond donors (Lipinski definition) is 1. The smallest absolute Gasteiger partial charge is 0.223 e. The molecular formula is C10H10N4OS. The molecular weight excluding hydrogens is 224 g/mol. The maximum absolute atomic E-state index is 5.56. The lowest BCUT2D eigenvalue weighted by Gasteiger charge is -2.15. The number of hydrogen-bond acceptors (Lipinski definition) is 6. The summed E-state index contributed by atoms with van der Waals surface area (Å²) in [5.74, 6) is 1.32. The van der Waals surface area contributed by atoms with Gasteiger partial charge in [-0.2, -0.15) is 0 Å². The fourth-order valence-electron chi connectivity index (χ4n) is 1.60. The van der Waals surface area contributed by atoms with E-state index in [1.54, 1.807) is 17.5 Å². The topological polar surface area (TPSA) is 59.9 Å². The Morgan fingerprint density at radius 3 is 3.25 bits per heavy atom. The van der Waals surface area contributed by atoms with Crippen molar-refractivity contribution in [2.45, 2.75) is 13.5 Å². The van der Waals surface area contributed by atoms with Gasteiger partial charge in [-0.1, -0.05) is 0 Å². The molecule has 0 radical (unpaired) electrons. The van der Waals surface area contributed by atoms with E-state index in [4.69, 9.17) is 4.74 Å². The van der Waals surface area contributed by atoms with Gasteiger partial charge in [0.2, 0.25) is 5.95 Å². The summed E-state index contributed by atoms with van der Waals surface area (Å²) in [5.41, 5.74) is 3.53. The second-order valence-corrected chi connectivity index (χ2v) is 4.29. The molecule has 0 unspecified atom stereocenters. The van der Waals surface area contributed by atoms with Gasteiger partial charge in [0.05, 0.1) is 16.6 Å². The zero-order valence-corrected chi connectivity index (χ0v) is 9.54. The molecule has 0 fully saturated rings. The molecule has 0 aromatic carbocycles. The van der Waals surface area contributed by atoms with E-state index in [1.807, 2.05) is 12.4 Å². The Labute approximate surface area is 96.5 Å². The van der Waals surface area contributed by atoms with E-state index in [0.717, 1.165) is 22.8 Å². The first-order valence-electron chi connectivity index (χ1n) is 5.05. The molecule has 3 rings (SSSR count). The minimum Gasteiger partial charge on any atom is -0.484 e. The minimum absolute atomic E-state index is 0.566. The first kappa shape index (κ1) is 9.53. The third-order valence-corrected chi connectivity index (χ3v) is 3.12. The van der Waals surface area contributed by atoms with Gasteiger partial charge in [-0.15, -0.1) is 11.3 Å².